The molecule has 7 heteroatoms. The Balaban J connectivity index is 1.50. The lowest BCUT2D eigenvalue weighted by Crippen LogP contribution is -3.17. The van der Waals surface area contributed by atoms with Gasteiger partial charge in [0.05, 0.1) is 7.11 Å². The summed E-state index contributed by atoms with van der Waals surface area (Å²) in [6.45, 7) is 1.09. The van der Waals surface area contributed by atoms with E-state index in [9.17, 15) is 14.4 Å². The number of carbonyl (C=O) groups excluding carboxylic acids is 3. The van der Waals surface area contributed by atoms with Gasteiger partial charge in [0.2, 0.25) is 0 Å². The second-order valence-electron chi connectivity index (χ2n) is 7.72. The van der Waals surface area contributed by atoms with Gasteiger partial charge in [-0.2, -0.15) is 0 Å². The van der Waals surface area contributed by atoms with Crippen molar-refractivity contribution in [1.82, 2.24) is 10.6 Å². The summed E-state index contributed by atoms with van der Waals surface area (Å²) in [5.41, 5.74) is 3.59. The third kappa shape index (κ3) is 5.90. The molecule has 1 aromatic carbocycles. The molecule has 7 nitrogen and oxygen atoms in total. The molecule has 0 saturated heterocycles. The van der Waals surface area contributed by atoms with Gasteiger partial charge < -0.3 is 15.0 Å². The molecule has 2 aliphatic rings. The van der Waals surface area contributed by atoms with Crippen molar-refractivity contribution in [3.63, 3.8) is 0 Å². The molecule has 1 aromatic rings. The number of carbonyl (C=O) groups is 3. The molecular weight excluding hydrogens is 370 g/mol. The van der Waals surface area contributed by atoms with E-state index in [0.717, 1.165) is 35.3 Å². The standard InChI is InChI=1S/C22H29N3O4/c1-29-21(27)19-13-17-9-5-6-10-18(17)14-25(19)15-20(26)24-22(28)23-12-11-16-7-3-2-4-8-16/h5-7,9-10,19H,2-4,8,11-15H2,1H3,(H2,23,24,26,28)/p+1/t19-/m1/s1. The molecular formula is C22H30N3O4+. The topological polar surface area (TPSA) is 88.9 Å². The molecule has 3 amide bonds. The molecule has 1 unspecified atom stereocenters. The van der Waals surface area contributed by atoms with Crippen LogP contribution in [-0.4, -0.2) is 44.1 Å². The molecule has 0 bridgehead atoms. The Labute approximate surface area is 171 Å². The Morgan fingerprint density at radius 3 is 2.69 bits per heavy atom. The van der Waals surface area contributed by atoms with Gasteiger partial charge in [0.25, 0.3) is 5.91 Å². The maximum atomic E-state index is 12.4. The predicted octanol–water partition coefficient (Wildman–Crippen LogP) is 0.886. The van der Waals surface area contributed by atoms with Crippen LogP contribution in [0.25, 0.3) is 0 Å². The largest absolute Gasteiger partial charge is 0.465 e. The molecule has 2 atom stereocenters. The molecule has 3 rings (SSSR count). The van der Waals surface area contributed by atoms with Gasteiger partial charge in [-0.3, -0.25) is 10.1 Å². The minimum absolute atomic E-state index is 0.0344. The van der Waals surface area contributed by atoms with E-state index in [1.807, 2.05) is 24.3 Å². The first-order valence-electron chi connectivity index (χ1n) is 10.3. The maximum absolute atomic E-state index is 12.4. The van der Waals surface area contributed by atoms with Crippen LogP contribution in [0.1, 0.15) is 43.2 Å². The van der Waals surface area contributed by atoms with Crippen LogP contribution in [0.4, 0.5) is 4.79 Å². The lowest BCUT2D eigenvalue weighted by atomic mass is 9.94. The normalized spacial score (nSPS) is 20.8. The number of allylic oxidation sites excluding steroid dienone is 1. The van der Waals surface area contributed by atoms with Gasteiger partial charge in [0, 0.05) is 18.5 Å². The number of hydrogen-bond donors (Lipinski definition) is 3. The van der Waals surface area contributed by atoms with Crippen molar-refractivity contribution in [3.8, 4) is 0 Å². The number of fused-ring (bicyclic) bond motifs is 1. The number of imide groups is 1. The third-order valence-corrected chi connectivity index (χ3v) is 5.70. The second-order valence-corrected chi connectivity index (χ2v) is 7.72. The Bertz CT molecular complexity index is 790. The summed E-state index contributed by atoms with van der Waals surface area (Å²) in [7, 11) is 1.36. The van der Waals surface area contributed by atoms with Crippen LogP contribution in [0, 0.1) is 0 Å². The molecule has 1 heterocycles. The van der Waals surface area contributed by atoms with Gasteiger partial charge >= 0.3 is 12.0 Å². The first-order chi connectivity index (χ1) is 14.1. The number of benzene rings is 1. The molecule has 0 saturated carbocycles. The van der Waals surface area contributed by atoms with Crippen LogP contribution in [0.15, 0.2) is 35.9 Å². The molecule has 0 aromatic heterocycles. The zero-order valence-corrected chi connectivity index (χ0v) is 17.0. The summed E-state index contributed by atoms with van der Waals surface area (Å²) in [5.74, 6) is -0.741. The number of esters is 1. The summed E-state index contributed by atoms with van der Waals surface area (Å²) in [6, 6.07) is 6.95. The van der Waals surface area contributed by atoms with Crippen molar-refractivity contribution in [1.29, 1.82) is 0 Å². The van der Waals surface area contributed by atoms with E-state index in [1.165, 1.54) is 25.5 Å². The molecule has 1 aliphatic carbocycles. The Kier molecular flexibility index (Phi) is 7.41. The molecule has 0 spiro atoms. The van der Waals surface area contributed by atoms with Gasteiger partial charge in [0.15, 0.2) is 12.6 Å². The lowest BCUT2D eigenvalue weighted by molar-refractivity contribution is -0.924. The van der Waals surface area contributed by atoms with Crippen LogP contribution in [0.3, 0.4) is 0 Å². The fourth-order valence-corrected chi connectivity index (χ4v) is 4.13. The molecule has 0 radical (unpaired) electrons. The third-order valence-electron chi connectivity index (χ3n) is 5.70. The van der Waals surface area contributed by atoms with Crippen molar-refractivity contribution in [2.75, 3.05) is 20.2 Å². The number of ether oxygens (including phenoxy) is 1. The zero-order valence-electron chi connectivity index (χ0n) is 17.0. The summed E-state index contributed by atoms with van der Waals surface area (Å²) < 4.78 is 4.93. The highest BCUT2D eigenvalue weighted by molar-refractivity contribution is 5.94. The van der Waals surface area contributed by atoms with Gasteiger partial charge in [-0.25, -0.2) is 9.59 Å². The van der Waals surface area contributed by atoms with E-state index >= 15 is 0 Å². The highest BCUT2D eigenvalue weighted by atomic mass is 16.5. The Hall–Kier alpha value is -2.67. The maximum Gasteiger partial charge on any atom is 0.365 e. The van der Waals surface area contributed by atoms with Gasteiger partial charge in [0.1, 0.15) is 6.54 Å². The first-order valence-corrected chi connectivity index (χ1v) is 10.3. The van der Waals surface area contributed by atoms with Crippen molar-refractivity contribution in [2.45, 2.75) is 51.1 Å². The summed E-state index contributed by atoms with van der Waals surface area (Å²) >= 11 is 0. The Morgan fingerprint density at radius 2 is 1.97 bits per heavy atom. The average Bonchev–Trinajstić information content (AvgIpc) is 2.73. The minimum atomic E-state index is -0.488. The van der Waals surface area contributed by atoms with E-state index in [-0.39, 0.29) is 12.5 Å². The van der Waals surface area contributed by atoms with Gasteiger partial charge in [-0.05, 0) is 37.7 Å². The fraction of sp³-hybridized carbons (Fsp3) is 0.500. The SMILES string of the molecule is COC(=O)[C@H]1Cc2ccccc2C[NH+]1CC(=O)NC(=O)NCCC1=CCCCC1. The minimum Gasteiger partial charge on any atom is -0.465 e. The van der Waals surface area contributed by atoms with E-state index < -0.39 is 18.0 Å². The number of urea groups is 1. The molecule has 0 fully saturated rings. The van der Waals surface area contributed by atoms with Crippen LogP contribution in [-0.2, 0) is 27.3 Å². The number of hydrogen-bond acceptors (Lipinski definition) is 4. The van der Waals surface area contributed by atoms with Gasteiger partial charge in [-0.1, -0.05) is 35.9 Å². The highest BCUT2D eigenvalue weighted by Crippen LogP contribution is 2.19. The van der Waals surface area contributed by atoms with Crippen LogP contribution < -0.4 is 15.5 Å². The fourth-order valence-electron chi connectivity index (χ4n) is 4.13. The van der Waals surface area contributed by atoms with Crippen molar-refractivity contribution in [2.24, 2.45) is 0 Å². The first kappa shape index (κ1) is 21.0. The van der Waals surface area contributed by atoms with E-state index in [2.05, 4.69) is 16.7 Å². The summed E-state index contributed by atoms with van der Waals surface area (Å²) in [4.78, 5) is 37.5. The molecule has 29 heavy (non-hydrogen) atoms. The Morgan fingerprint density at radius 1 is 1.17 bits per heavy atom. The number of nitrogens with one attached hydrogen (secondary N) is 3. The van der Waals surface area contributed by atoms with Crippen molar-refractivity contribution >= 4 is 17.9 Å². The van der Waals surface area contributed by atoms with Crippen molar-refractivity contribution in [3.05, 3.63) is 47.0 Å². The molecule has 156 valence electrons. The molecule has 1 aliphatic heterocycles. The van der Waals surface area contributed by atoms with Gasteiger partial charge in [-0.15, -0.1) is 0 Å². The van der Waals surface area contributed by atoms with Crippen LogP contribution >= 0.6 is 0 Å². The quantitative estimate of drug-likeness (QED) is 0.489. The summed E-state index contributed by atoms with van der Waals surface area (Å²) in [6.07, 6.45) is 8.24. The van der Waals surface area contributed by atoms with Crippen LogP contribution in [0.2, 0.25) is 0 Å². The predicted molar refractivity (Wildman–Crippen MR) is 108 cm³/mol. The highest BCUT2D eigenvalue weighted by Gasteiger charge is 2.37. The zero-order chi connectivity index (χ0) is 20.6. The number of amides is 3. The second kappa shape index (κ2) is 10.2. The van der Waals surface area contributed by atoms with Crippen molar-refractivity contribution < 1.29 is 24.0 Å². The smallest absolute Gasteiger partial charge is 0.365 e. The monoisotopic (exact) mass is 400 g/mol. The number of quaternary nitrogens is 1. The van der Waals surface area contributed by atoms with E-state index in [4.69, 9.17) is 4.74 Å². The van der Waals surface area contributed by atoms with Crippen LogP contribution in [0.5, 0.6) is 0 Å². The lowest BCUT2D eigenvalue weighted by Gasteiger charge is -2.31. The average molecular weight is 400 g/mol. The van der Waals surface area contributed by atoms with E-state index in [0.29, 0.717) is 19.5 Å². The number of rotatable bonds is 6. The summed E-state index contributed by atoms with van der Waals surface area (Å²) in [5, 5.41) is 5.13. The molecule has 3 N–H and O–H groups in total. The number of methoxy groups -OCH3 is 1. The van der Waals surface area contributed by atoms with E-state index in [1.54, 1.807) is 0 Å².